The van der Waals surface area contributed by atoms with Gasteiger partial charge < -0.3 is 4.90 Å². The van der Waals surface area contributed by atoms with Crippen molar-refractivity contribution in [1.29, 1.82) is 0 Å². The Labute approximate surface area is 219 Å². The molecule has 1 aliphatic rings. The Morgan fingerprint density at radius 1 is 1.00 bits per heavy atom. The highest BCUT2D eigenvalue weighted by atomic mass is 35.5. The maximum absolute atomic E-state index is 13.3. The van der Waals surface area contributed by atoms with Gasteiger partial charge in [0.25, 0.3) is 5.91 Å². The molecule has 182 valence electrons. The summed E-state index contributed by atoms with van der Waals surface area (Å²) in [6, 6.07) is 22.1. The van der Waals surface area contributed by atoms with Gasteiger partial charge in [0, 0.05) is 39.1 Å². The normalized spacial score (nSPS) is 12.9. The molecule has 0 atom stereocenters. The van der Waals surface area contributed by atoms with Crippen LogP contribution in [0.4, 0.5) is 5.95 Å². The van der Waals surface area contributed by atoms with Crippen molar-refractivity contribution in [3.63, 3.8) is 0 Å². The molecule has 0 radical (unpaired) electrons. The molecule has 0 bridgehead atoms. The molecule has 1 heterocycles. The highest BCUT2D eigenvalue weighted by molar-refractivity contribution is 6.31. The van der Waals surface area contributed by atoms with Gasteiger partial charge in [0.2, 0.25) is 11.9 Å². The van der Waals surface area contributed by atoms with E-state index in [2.05, 4.69) is 10.3 Å². The third kappa shape index (κ3) is 5.30. The Balaban J connectivity index is 1.43. The van der Waals surface area contributed by atoms with Crippen molar-refractivity contribution in [1.82, 2.24) is 14.5 Å². The molecule has 5 rings (SSSR count). The summed E-state index contributed by atoms with van der Waals surface area (Å²) >= 11 is 12.3. The van der Waals surface area contributed by atoms with Crippen molar-refractivity contribution in [2.24, 2.45) is 0 Å². The molecule has 0 aliphatic heterocycles. The second kappa shape index (κ2) is 10.2. The van der Waals surface area contributed by atoms with E-state index in [-0.39, 0.29) is 24.4 Å². The molecule has 1 fully saturated rings. The van der Waals surface area contributed by atoms with E-state index in [0.717, 1.165) is 29.7 Å². The molecule has 1 N–H and O–H groups in total. The summed E-state index contributed by atoms with van der Waals surface area (Å²) in [7, 11) is 0. The van der Waals surface area contributed by atoms with Crippen molar-refractivity contribution >= 4 is 41.0 Å². The first-order valence-corrected chi connectivity index (χ1v) is 12.4. The molecule has 0 spiro atoms. The number of hydrogen-bond acceptors (Lipinski definition) is 3. The number of imidazole rings is 1. The molecule has 1 saturated carbocycles. The lowest BCUT2D eigenvalue weighted by Crippen LogP contribution is -2.40. The fraction of sp³-hybridized carbons (Fsp3) is 0.179. The summed E-state index contributed by atoms with van der Waals surface area (Å²) in [6.07, 6.45) is 3.62. The summed E-state index contributed by atoms with van der Waals surface area (Å²) in [5, 5.41) is 4.10. The lowest BCUT2D eigenvalue weighted by Gasteiger charge is -2.22. The van der Waals surface area contributed by atoms with Crippen LogP contribution >= 0.6 is 23.2 Å². The number of anilines is 1. The van der Waals surface area contributed by atoms with Crippen molar-refractivity contribution < 1.29 is 9.59 Å². The quantitative estimate of drug-likeness (QED) is 0.307. The molecule has 1 aromatic heterocycles. The molecule has 8 heteroatoms. The van der Waals surface area contributed by atoms with Crippen LogP contribution in [0.3, 0.4) is 0 Å². The molecule has 0 unspecified atom stereocenters. The van der Waals surface area contributed by atoms with Gasteiger partial charge >= 0.3 is 0 Å². The minimum atomic E-state index is -0.319. The Kier molecular flexibility index (Phi) is 6.81. The number of hydrogen-bond donors (Lipinski definition) is 1. The number of amides is 2. The minimum Gasteiger partial charge on any atom is -0.326 e. The Morgan fingerprint density at radius 3 is 2.44 bits per heavy atom. The molecule has 0 saturated heterocycles. The van der Waals surface area contributed by atoms with Gasteiger partial charge in [-0.2, -0.15) is 0 Å². The van der Waals surface area contributed by atoms with Crippen LogP contribution in [0, 0.1) is 6.92 Å². The molecule has 3 aromatic carbocycles. The number of rotatable bonds is 7. The SMILES string of the molecule is Cc1ccccc1C(=O)N(CC(=O)Nc1nc(-c2ccc(Cl)cc2)cn1-c1cccc(Cl)c1)C1CC1. The second-order valence-corrected chi connectivity index (χ2v) is 9.71. The van der Waals surface area contributed by atoms with Gasteiger partial charge in [0.15, 0.2) is 0 Å². The number of carbonyl (C=O) groups is 2. The highest BCUT2D eigenvalue weighted by Gasteiger charge is 2.35. The molecule has 1 aliphatic carbocycles. The van der Waals surface area contributed by atoms with Crippen molar-refractivity contribution in [3.05, 3.63) is 100 Å². The number of aromatic nitrogens is 2. The van der Waals surface area contributed by atoms with Gasteiger partial charge in [0.1, 0.15) is 6.54 Å². The lowest BCUT2D eigenvalue weighted by molar-refractivity contribution is -0.117. The Morgan fingerprint density at radius 2 is 1.75 bits per heavy atom. The summed E-state index contributed by atoms with van der Waals surface area (Å²) < 4.78 is 1.78. The summed E-state index contributed by atoms with van der Waals surface area (Å²) in [4.78, 5) is 32.8. The fourth-order valence-electron chi connectivity index (χ4n) is 4.09. The van der Waals surface area contributed by atoms with E-state index in [1.807, 2.05) is 55.6 Å². The maximum atomic E-state index is 13.3. The van der Waals surface area contributed by atoms with E-state index < -0.39 is 0 Å². The predicted octanol–water partition coefficient (Wildman–Crippen LogP) is 6.40. The van der Waals surface area contributed by atoms with Crippen LogP contribution in [0.1, 0.15) is 28.8 Å². The van der Waals surface area contributed by atoms with Gasteiger partial charge in [-0.1, -0.05) is 59.6 Å². The fourth-order valence-corrected chi connectivity index (χ4v) is 4.40. The zero-order chi connectivity index (χ0) is 25.2. The topological polar surface area (TPSA) is 67.2 Å². The molecular weight excluding hydrogens is 495 g/mol. The zero-order valence-electron chi connectivity index (χ0n) is 19.6. The average molecular weight is 519 g/mol. The number of halogens is 2. The Hall–Kier alpha value is -3.61. The monoisotopic (exact) mass is 518 g/mol. The van der Waals surface area contributed by atoms with Crippen LogP contribution in [0.15, 0.2) is 79.0 Å². The molecular formula is C28H24Cl2N4O2. The average Bonchev–Trinajstić information content (AvgIpc) is 3.62. The van der Waals surface area contributed by atoms with Gasteiger partial charge in [-0.25, -0.2) is 4.98 Å². The van der Waals surface area contributed by atoms with Crippen LogP contribution in [-0.2, 0) is 4.79 Å². The zero-order valence-corrected chi connectivity index (χ0v) is 21.1. The maximum Gasteiger partial charge on any atom is 0.254 e. The third-order valence-corrected chi connectivity index (χ3v) is 6.61. The number of nitrogens with zero attached hydrogens (tertiary/aromatic N) is 3. The third-order valence-electron chi connectivity index (χ3n) is 6.12. The van der Waals surface area contributed by atoms with E-state index in [1.54, 1.807) is 39.8 Å². The smallest absolute Gasteiger partial charge is 0.254 e. The highest BCUT2D eigenvalue weighted by Crippen LogP contribution is 2.30. The van der Waals surface area contributed by atoms with Gasteiger partial charge in [0.05, 0.1) is 5.69 Å². The first kappa shape index (κ1) is 24.1. The molecule has 2 amide bonds. The van der Waals surface area contributed by atoms with Crippen LogP contribution in [0.5, 0.6) is 0 Å². The summed E-state index contributed by atoms with van der Waals surface area (Å²) in [6.45, 7) is 1.84. The van der Waals surface area contributed by atoms with E-state index in [4.69, 9.17) is 23.2 Å². The summed E-state index contributed by atoms with van der Waals surface area (Å²) in [5.74, 6) is -0.113. The van der Waals surface area contributed by atoms with Crippen LogP contribution in [0.2, 0.25) is 10.0 Å². The second-order valence-electron chi connectivity index (χ2n) is 8.83. The summed E-state index contributed by atoms with van der Waals surface area (Å²) in [5.41, 5.74) is 3.77. The number of benzene rings is 3. The number of aryl methyl sites for hydroxylation is 1. The van der Waals surface area contributed by atoms with Crippen LogP contribution in [-0.4, -0.2) is 38.9 Å². The predicted molar refractivity (Wildman–Crippen MR) is 143 cm³/mol. The first-order chi connectivity index (χ1) is 17.4. The van der Waals surface area contributed by atoms with Crippen LogP contribution < -0.4 is 5.32 Å². The molecule has 36 heavy (non-hydrogen) atoms. The van der Waals surface area contributed by atoms with Gasteiger partial charge in [-0.05, 0) is 61.7 Å². The van der Waals surface area contributed by atoms with Gasteiger partial charge in [-0.15, -0.1) is 0 Å². The van der Waals surface area contributed by atoms with E-state index in [1.165, 1.54) is 0 Å². The number of carbonyl (C=O) groups excluding carboxylic acids is 2. The van der Waals surface area contributed by atoms with Crippen molar-refractivity contribution in [2.45, 2.75) is 25.8 Å². The van der Waals surface area contributed by atoms with E-state index >= 15 is 0 Å². The minimum absolute atomic E-state index is 0.0590. The molecule has 4 aromatic rings. The van der Waals surface area contributed by atoms with E-state index in [0.29, 0.717) is 27.3 Å². The molecule has 6 nitrogen and oxygen atoms in total. The first-order valence-electron chi connectivity index (χ1n) is 11.7. The van der Waals surface area contributed by atoms with Crippen molar-refractivity contribution in [2.75, 3.05) is 11.9 Å². The Bertz CT molecular complexity index is 1430. The lowest BCUT2D eigenvalue weighted by atomic mass is 10.1. The standard InChI is InChI=1S/C28H24Cl2N4O2/c1-18-5-2-3-8-24(18)27(36)33(22-13-14-22)17-26(35)32-28-31-25(19-9-11-20(29)12-10-19)16-34(28)23-7-4-6-21(30)15-23/h2-12,15-16,22H,13-14,17H2,1H3,(H,31,32,35). The van der Waals surface area contributed by atoms with E-state index in [9.17, 15) is 9.59 Å². The van der Waals surface area contributed by atoms with Crippen molar-refractivity contribution in [3.8, 4) is 16.9 Å². The number of nitrogens with one attached hydrogen (secondary N) is 1. The largest absolute Gasteiger partial charge is 0.326 e. The van der Waals surface area contributed by atoms with Gasteiger partial charge in [-0.3, -0.25) is 19.5 Å². The van der Waals surface area contributed by atoms with Crippen LogP contribution in [0.25, 0.3) is 16.9 Å².